The highest BCUT2D eigenvalue weighted by Gasteiger charge is 2.32. The topological polar surface area (TPSA) is 41.0 Å². The van der Waals surface area contributed by atoms with Gasteiger partial charge in [0.25, 0.3) is 0 Å². The van der Waals surface area contributed by atoms with Crippen LogP contribution in [0.15, 0.2) is 29.4 Å². The average molecular weight is 251 g/mol. The van der Waals surface area contributed by atoms with Gasteiger partial charge in [0.1, 0.15) is 0 Å². The minimum absolute atomic E-state index is 0.292. The van der Waals surface area contributed by atoms with Crippen LogP contribution in [-0.2, 0) is 12.7 Å². The summed E-state index contributed by atoms with van der Waals surface area (Å²) in [5.74, 6) is 0. The van der Waals surface area contributed by atoms with E-state index in [2.05, 4.69) is 15.2 Å². The van der Waals surface area contributed by atoms with Gasteiger partial charge in [-0.15, -0.1) is 0 Å². The van der Waals surface area contributed by atoms with Crippen LogP contribution in [0.4, 0.5) is 13.2 Å². The predicted octanol–water partition coefficient (Wildman–Crippen LogP) is 3.03. The Morgan fingerprint density at radius 1 is 1.22 bits per heavy atom. The van der Waals surface area contributed by atoms with Gasteiger partial charge in [-0.25, -0.2) is 0 Å². The molecule has 2 heterocycles. The highest BCUT2D eigenvalue weighted by Crippen LogP contribution is 2.36. The quantitative estimate of drug-likeness (QED) is 0.831. The molecular formula is C12H8F3N3. The second-order valence-electron chi connectivity index (χ2n) is 4.03. The fraction of sp³-hybridized carbons (Fsp3) is 0.167. The van der Waals surface area contributed by atoms with Gasteiger partial charge < -0.3 is 0 Å². The maximum absolute atomic E-state index is 12.8. The van der Waals surface area contributed by atoms with Crippen LogP contribution in [-0.4, -0.2) is 16.4 Å². The molecule has 3 nitrogen and oxygen atoms in total. The lowest BCUT2D eigenvalue weighted by Crippen LogP contribution is -2.07. The Bertz CT molecular complexity index is 612. The molecular weight excluding hydrogens is 243 g/mol. The zero-order valence-corrected chi connectivity index (χ0v) is 9.12. The number of hydrogen-bond acceptors (Lipinski definition) is 2. The van der Waals surface area contributed by atoms with Crippen LogP contribution in [0.25, 0.3) is 11.3 Å². The highest BCUT2D eigenvalue weighted by molar-refractivity contribution is 5.93. The molecule has 3 rings (SSSR count). The van der Waals surface area contributed by atoms with Crippen molar-refractivity contribution in [2.75, 3.05) is 0 Å². The lowest BCUT2D eigenvalue weighted by atomic mass is 9.97. The first-order valence-electron chi connectivity index (χ1n) is 5.29. The number of aromatic amines is 1. The first kappa shape index (κ1) is 11.0. The van der Waals surface area contributed by atoms with Crippen molar-refractivity contribution in [2.45, 2.75) is 12.7 Å². The van der Waals surface area contributed by atoms with Crippen molar-refractivity contribution in [2.24, 2.45) is 4.99 Å². The second-order valence-corrected chi connectivity index (χ2v) is 4.03. The minimum Gasteiger partial charge on any atom is -0.288 e. The van der Waals surface area contributed by atoms with Crippen molar-refractivity contribution in [1.82, 2.24) is 10.2 Å². The third-order valence-electron chi connectivity index (χ3n) is 2.87. The fourth-order valence-corrected chi connectivity index (χ4v) is 2.02. The number of fused-ring (bicyclic) bond motifs is 1. The average Bonchev–Trinajstić information content (AvgIpc) is 2.97. The van der Waals surface area contributed by atoms with Gasteiger partial charge >= 0.3 is 6.18 Å². The maximum atomic E-state index is 12.8. The molecule has 0 radical (unpaired) electrons. The van der Waals surface area contributed by atoms with E-state index in [-0.39, 0.29) is 0 Å². The van der Waals surface area contributed by atoms with Gasteiger partial charge in [-0.05, 0) is 23.8 Å². The zero-order valence-electron chi connectivity index (χ0n) is 9.12. The van der Waals surface area contributed by atoms with Gasteiger partial charge in [0.2, 0.25) is 0 Å². The summed E-state index contributed by atoms with van der Waals surface area (Å²) in [4.78, 5) is 4.02. The summed E-state index contributed by atoms with van der Waals surface area (Å²) in [5, 5.41) is 6.45. The number of aromatic nitrogens is 2. The van der Waals surface area contributed by atoms with Crippen LogP contribution in [0.5, 0.6) is 0 Å². The Kier molecular flexibility index (Phi) is 2.26. The van der Waals surface area contributed by atoms with Crippen LogP contribution in [0.3, 0.4) is 0 Å². The largest absolute Gasteiger partial charge is 0.416 e. The van der Waals surface area contributed by atoms with Crippen molar-refractivity contribution < 1.29 is 13.2 Å². The maximum Gasteiger partial charge on any atom is 0.416 e. The number of aliphatic imine (C=N–C) groups is 1. The van der Waals surface area contributed by atoms with E-state index >= 15 is 0 Å². The molecule has 18 heavy (non-hydrogen) atoms. The van der Waals surface area contributed by atoms with Gasteiger partial charge in [0.05, 0.1) is 17.8 Å². The van der Waals surface area contributed by atoms with Crippen LogP contribution in [0.1, 0.15) is 16.7 Å². The third-order valence-corrected chi connectivity index (χ3v) is 2.87. The third kappa shape index (κ3) is 1.70. The SMILES string of the molecule is FC(F)(F)c1cc2c(c(-c3ccn[nH]3)c1)C=NC2. The Labute approximate surface area is 100 Å². The number of halogens is 3. The second kappa shape index (κ2) is 3.69. The van der Waals surface area contributed by atoms with Gasteiger partial charge in [0, 0.05) is 23.5 Å². The molecule has 0 bridgehead atoms. The number of rotatable bonds is 1. The zero-order chi connectivity index (χ0) is 12.8. The molecule has 0 atom stereocenters. The van der Waals surface area contributed by atoms with Gasteiger partial charge in [0.15, 0.2) is 0 Å². The van der Waals surface area contributed by atoms with Gasteiger partial charge in [-0.2, -0.15) is 18.3 Å². The molecule has 0 fully saturated rings. The number of benzene rings is 1. The standard InChI is InChI=1S/C12H8F3N3/c13-12(14,15)8-3-7-5-16-6-10(7)9(4-8)11-1-2-17-18-11/h1-4,6H,5H2,(H,17,18). The summed E-state index contributed by atoms with van der Waals surface area (Å²) in [7, 11) is 0. The monoisotopic (exact) mass is 251 g/mol. The van der Waals surface area contributed by atoms with Gasteiger partial charge in [-0.1, -0.05) is 0 Å². The number of nitrogens with zero attached hydrogens (tertiary/aromatic N) is 2. The van der Waals surface area contributed by atoms with Crippen LogP contribution >= 0.6 is 0 Å². The van der Waals surface area contributed by atoms with E-state index in [0.717, 1.165) is 17.7 Å². The summed E-state index contributed by atoms with van der Waals surface area (Å²) < 4.78 is 38.4. The number of hydrogen-bond donors (Lipinski definition) is 1. The molecule has 0 aliphatic carbocycles. The molecule has 0 spiro atoms. The van der Waals surface area contributed by atoms with Crippen molar-refractivity contribution in [3.63, 3.8) is 0 Å². The summed E-state index contributed by atoms with van der Waals surface area (Å²) in [6.07, 6.45) is -1.24. The number of nitrogens with one attached hydrogen (secondary N) is 1. The van der Waals surface area contributed by atoms with E-state index in [1.165, 1.54) is 6.20 Å². The smallest absolute Gasteiger partial charge is 0.288 e. The first-order valence-corrected chi connectivity index (χ1v) is 5.29. The van der Waals surface area contributed by atoms with Crippen LogP contribution in [0, 0.1) is 0 Å². The Hall–Kier alpha value is -2.11. The van der Waals surface area contributed by atoms with Crippen LogP contribution < -0.4 is 0 Å². The molecule has 0 amide bonds. The highest BCUT2D eigenvalue weighted by atomic mass is 19.4. The molecule has 0 saturated heterocycles. The molecule has 1 aromatic heterocycles. The molecule has 1 aromatic carbocycles. The van der Waals surface area contributed by atoms with Crippen molar-refractivity contribution in [1.29, 1.82) is 0 Å². The minimum atomic E-state index is -4.35. The molecule has 92 valence electrons. The molecule has 1 aliphatic heterocycles. The van der Waals surface area contributed by atoms with E-state index in [1.54, 1.807) is 12.3 Å². The number of H-pyrrole nitrogens is 1. The molecule has 6 heteroatoms. The van der Waals surface area contributed by atoms with Crippen molar-refractivity contribution >= 4 is 6.21 Å². The first-order chi connectivity index (χ1) is 8.55. The van der Waals surface area contributed by atoms with Gasteiger partial charge in [-0.3, -0.25) is 10.1 Å². The lowest BCUT2D eigenvalue weighted by molar-refractivity contribution is -0.137. The molecule has 0 unspecified atom stereocenters. The summed E-state index contributed by atoms with van der Waals surface area (Å²) in [6, 6.07) is 3.92. The van der Waals surface area contributed by atoms with Crippen LogP contribution in [0.2, 0.25) is 0 Å². The summed E-state index contributed by atoms with van der Waals surface area (Å²) >= 11 is 0. The Balaban J connectivity index is 2.23. The van der Waals surface area contributed by atoms with Crippen molar-refractivity contribution in [3.8, 4) is 11.3 Å². The van der Waals surface area contributed by atoms with E-state index < -0.39 is 11.7 Å². The Morgan fingerprint density at radius 3 is 2.72 bits per heavy atom. The Morgan fingerprint density at radius 2 is 2.06 bits per heavy atom. The molecule has 0 saturated carbocycles. The number of alkyl halides is 3. The molecule has 1 N–H and O–H groups in total. The summed E-state index contributed by atoms with van der Waals surface area (Å²) in [6.45, 7) is 0.292. The summed E-state index contributed by atoms with van der Waals surface area (Å²) in [5.41, 5.74) is 1.71. The van der Waals surface area contributed by atoms with E-state index in [4.69, 9.17) is 0 Å². The fourth-order valence-electron chi connectivity index (χ4n) is 2.02. The van der Waals surface area contributed by atoms with E-state index in [0.29, 0.717) is 23.4 Å². The molecule has 2 aromatic rings. The van der Waals surface area contributed by atoms with Crippen molar-refractivity contribution in [3.05, 3.63) is 41.1 Å². The lowest BCUT2D eigenvalue weighted by Gasteiger charge is -2.12. The molecule has 1 aliphatic rings. The normalized spacial score (nSPS) is 13.9. The van der Waals surface area contributed by atoms with E-state index in [1.807, 2.05) is 0 Å². The predicted molar refractivity (Wildman–Crippen MR) is 60.3 cm³/mol. The van der Waals surface area contributed by atoms with E-state index in [9.17, 15) is 13.2 Å².